The zero-order chi connectivity index (χ0) is 18.1. The summed E-state index contributed by atoms with van der Waals surface area (Å²) < 4.78 is 1.10. The van der Waals surface area contributed by atoms with Crippen LogP contribution in [0.1, 0.15) is 9.67 Å². The van der Waals surface area contributed by atoms with Gasteiger partial charge in [-0.3, -0.25) is 14.9 Å². The van der Waals surface area contributed by atoms with Crippen LogP contribution in [0.2, 0.25) is 0 Å². The van der Waals surface area contributed by atoms with E-state index in [1.165, 1.54) is 35.6 Å². The number of anilines is 1. The highest BCUT2D eigenvalue weighted by atomic mass is 32.1. The number of aromatic nitrogens is 1. The van der Waals surface area contributed by atoms with Gasteiger partial charge in [0, 0.05) is 17.8 Å². The standard InChI is InChI=1S/C18H11N3O3S2/c22-17(19-11-5-7-12(8-6-11)21(23)24)15-9-10-16(25-15)18-20-13-3-1-2-4-14(13)26-18/h1-10H,(H,19,22). The van der Waals surface area contributed by atoms with Gasteiger partial charge in [-0.15, -0.1) is 22.7 Å². The number of non-ortho nitro benzene ring substituents is 1. The zero-order valence-corrected chi connectivity index (χ0v) is 14.8. The fourth-order valence-electron chi connectivity index (χ4n) is 2.41. The first kappa shape index (κ1) is 16.4. The minimum atomic E-state index is -0.477. The maximum absolute atomic E-state index is 12.4. The zero-order valence-electron chi connectivity index (χ0n) is 13.2. The van der Waals surface area contributed by atoms with Gasteiger partial charge >= 0.3 is 0 Å². The van der Waals surface area contributed by atoms with Gasteiger partial charge in [-0.25, -0.2) is 4.98 Å². The number of nitrogens with one attached hydrogen (secondary N) is 1. The molecule has 8 heteroatoms. The van der Waals surface area contributed by atoms with E-state index in [0.717, 1.165) is 20.1 Å². The van der Waals surface area contributed by atoms with Crippen molar-refractivity contribution in [2.75, 3.05) is 5.32 Å². The van der Waals surface area contributed by atoms with Gasteiger partial charge in [0.15, 0.2) is 0 Å². The van der Waals surface area contributed by atoms with Gasteiger partial charge in [-0.05, 0) is 36.4 Å². The molecule has 2 aromatic carbocycles. The molecule has 0 atom stereocenters. The van der Waals surface area contributed by atoms with E-state index in [4.69, 9.17) is 0 Å². The van der Waals surface area contributed by atoms with Crippen LogP contribution in [0.25, 0.3) is 20.1 Å². The van der Waals surface area contributed by atoms with Crippen LogP contribution in [0.3, 0.4) is 0 Å². The maximum atomic E-state index is 12.4. The summed E-state index contributed by atoms with van der Waals surface area (Å²) in [5, 5.41) is 14.3. The third kappa shape index (κ3) is 3.19. The minimum Gasteiger partial charge on any atom is -0.321 e. The van der Waals surface area contributed by atoms with E-state index < -0.39 is 4.92 Å². The monoisotopic (exact) mass is 381 g/mol. The molecule has 0 aliphatic carbocycles. The molecule has 0 saturated heterocycles. The third-order valence-corrected chi connectivity index (χ3v) is 5.96. The minimum absolute atomic E-state index is 0.0164. The highest BCUT2D eigenvalue weighted by Gasteiger charge is 2.14. The van der Waals surface area contributed by atoms with Gasteiger partial charge in [0.25, 0.3) is 11.6 Å². The Morgan fingerprint density at radius 3 is 2.50 bits per heavy atom. The molecule has 1 amide bonds. The lowest BCUT2D eigenvalue weighted by Crippen LogP contribution is -2.09. The number of carbonyl (C=O) groups excluding carboxylic acids is 1. The molecule has 1 N–H and O–H groups in total. The fourth-order valence-corrected chi connectivity index (χ4v) is 4.33. The molecule has 6 nitrogen and oxygen atoms in total. The van der Waals surface area contributed by atoms with Crippen molar-refractivity contribution in [1.29, 1.82) is 0 Å². The molecule has 4 rings (SSSR count). The quantitative estimate of drug-likeness (QED) is 0.390. The molecule has 0 fully saturated rings. The molecule has 0 unspecified atom stereocenters. The van der Waals surface area contributed by atoms with Crippen molar-refractivity contribution in [1.82, 2.24) is 4.98 Å². The Balaban J connectivity index is 1.53. The van der Waals surface area contributed by atoms with E-state index in [1.54, 1.807) is 17.4 Å². The SMILES string of the molecule is O=C(Nc1ccc([N+](=O)[O-])cc1)c1ccc(-c2nc3ccccc3s2)s1. The first-order chi connectivity index (χ1) is 12.6. The average molecular weight is 381 g/mol. The van der Waals surface area contributed by atoms with Crippen LogP contribution in [-0.4, -0.2) is 15.8 Å². The molecule has 0 saturated carbocycles. The van der Waals surface area contributed by atoms with E-state index in [-0.39, 0.29) is 11.6 Å². The lowest BCUT2D eigenvalue weighted by Gasteiger charge is -2.02. The summed E-state index contributed by atoms with van der Waals surface area (Å²) in [5.74, 6) is -0.254. The highest BCUT2D eigenvalue weighted by molar-refractivity contribution is 7.26. The Morgan fingerprint density at radius 1 is 1.00 bits per heavy atom. The molecule has 26 heavy (non-hydrogen) atoms. The molecular formula is C18H11N3O3S2. The van der Waals surface area contributed by atoms with Gasteiger partial charge < -0.3 is 5.32 Å². The van der Waals surface area contributed by atoms with E-state index >= 15 is 0 Å². The molecular weight excluding hydrogens is 370 g/mol. The van der Waals surface area contributed by atoms with Gasteiger partial charge in [0.05, 0.1) is 24.9 Å². The number of fused-ring (bicyclic) bond motifs is 1. The van der Waals surface area contributed by atoms with Crippen molar-refractivity contribution in [2.24, 2.45) is 0 Å². The van der Waals surface area contributed by atoms with Crippen LogP contribution in [0.4, 0.5) is 11.4 Å². The molecule has 2 heterocycles. The number of amides is 1. The van der Waals surface area contributed by atoms with E-state index in [2.05, 4.69) is 10.3 Å². The Hall–Kier alpha value is -3.10. The number of thiazole rings is 1. The van der Waals surface area contributed by atoms with Gasteiger partial charge in [0.1, 0.15) is 5.01 Å². The summed E-state index contributed by atoms with van der Waals surface area (Å²) in [4.78, 5) is 28.7. The molecule has 0 aliphatic heterocycles. The van der Waals surface area contributed by atoms with Crippen molar-refractivity contribution in [3.63, 3.8) is 0 Å². The van der Waals surface area contributed by atoms with Crippen LogP contribution in [0, 0.1) is 10.1 Å². The number of benzene rings is 2. The first-order valence-corrected chi connectivity index (χ1v) is 9.25. The van der Waals surface area contributed by atoms with Crippen molar-refractivity contribution in [3.05, 3.63) is 75.7 Å². The molecule has 0 aliphatic rings. The van der Waals surface area contributed by atoms with Crippen molar-refractivity contribution in [2.45, 2.75) is 0 Å². The number of carbonyl (C=O) groups is 1. The summed E-state index contributed by atoms with van der Waals surface area (Å²) in [6, 6.07) is 17.3. The lowest BCUT2D eigenvalue weighted by atomic mass is 10.3. The Kier molecular flexibility index (Phi) is 4.19. The number of hydrogen-bond donors (Lipinski definition) is 1. The van der Waals surface area contributed by atoms with Crippen LogP contribution < -0.4 is 5.32 Å². The second-order valence-electron chi connectivity index (χ2n) is 5.41. The van der Waals surface area contributed by atoms with Gasteiger partial charge in [-0.1, -0.05) is 12.1 Å². The van der Waals surface area contributed by atoms with Crippen molar-refractivity contribution >= 4 is 50.2 Å². The Labute approximate surface area is 155 Å². The number of para-hydroxylation sites is 1. The molecule has 128 valence electrons. The first-order valence-electron chi connectivity index (χ1n) is 7.62. The van der Waals surface area contributed by atoms with Gasteiger partial charge in [0.2, 0.25) is 0 Å². The lowest BCUT2D eigenvalue weighted by molar-refractivity contribution is -0.384. The second-order valence-corrected chi connectivity index (χ2v) is 7.52. The highest BCUT2D eigenvalue weighted by Crippen LogP contribution is 2.34. The average Bonchev–Trinajstić information content (AvgIpc) is 3.29. The van der Waals surface area contributed by atoms with Crippen molar-refractivity contribution in [3.8, 4) is 9.88 Å². The summed E-state index contributed by atoms with van der Waals surface area (Å²) >= 11 is 2.95. The van der Waals surface area contributed by atoms with Crippen LogP contribution in [-0.2, 0) is 0 Å². The molecule has 4 aromatic rings. The summed E-state index contributed by atoms with van der Waals surface area (Å²) in [7, 11) is 0. The number of thiophene rings is 1. The Bertz CT molecular complexity index is 1080. The predicted octanol–water partition coefficient (Wildman–Crippen LogP) is 5.19. The smallest absolute Gasteiger partial charge is 0.269 e. The number of nitrogens with zero attached hydrogens (tertiary/aromatic N) is 2. The molecule has 0 radical (unpaired) electrons. The number of nitro benzene ring substituents is 1. The largest absolute Gasteiger partial charge is 0.321 e. The van der Waals surface area contributed by atoms with Crippen LogP contribution in [0.15, 0.2) is 60.7 Å². The number of hydrogen-bond acceptors (Lipinski definition) is 6. The number of rotatable bonds is 4. The summed E-state index contributed by atoms with van der Waals surface area (Å²) in [6.07, 6.45) is 0. The van der Waals surface area contributed by atoms with E-state index in [9.17, 15) is 14.9 Å². The Morgan fingerprint density at radius 2 is 1.77 bits per heavy atom. The van der Waals surface area contributed by atoms with Crippen LogP contribution in [0.5, 0.6) is 0 Å². The maximum Gasteiger partial charge on any atom is 0.269 e. The molecule has 0 bridgehead atoms. The summed E-state index contributed by atoms with van der Waals surface area (Å²) in [5.41, 5.74) is 1.44. The number of nitro groups is 1. The van der Waals surface area contributed by atoms with Crippen LogP contribution >= 0.6 is 22.7 Å². The van der Waals surface area contributed by atoms with Crippen molar-refractivity contribution < 1.29 is 9.72 Å². The topological polar surface area (TPSA) is 85.1 Å². The third-order valence-electron chi connectivity index (χ3n) is 3.67. The molecule has 2 aromatic heterocycles. The van der Waals surface area contributed by atoms with E-state index in [0.29, 0.717) is 10.6 Å². The van der Waals surface area contributed by atoms with E-state index in [1.807, 2.05) is 30.3 Å². The predicted molar refractivity (Wildman–Crippen MR) is 104 cm³/mol. The molecule has 0 spiro atoms. The normalized spacial score (nSPS) is 10.8. The second kappa shape index (κ2) is 6.66. The fraction of sp³-hybridized carbons (Fsp3) is 0. The summed E-state index contributed by atoms with van der Waals surface area (Å²) in [6.45, 7) is 0. The van der Waals surface area contributed by atoms with Gasteiger partial charge in [-0.2, -0.15) is 0 Å².